The molecular weight excluding hydrogens is 397 g/mol. The number of carbonyl (C=O) groups excluding carboxylic acids is 1. The molecule has 31 heavy (non-hydrogen) atoms. The van der Waals surface area contributed by atoms with Crippen LogP contribution in [-0.2, 0) is 4.79 Å². The van der Waals surface area contributed by atoms with Crippen LogP contribution in [0, 0.1) is 12.8 Å². The van der Waals surface area contributed by atoms with E-state index in [0.717, 1.165) is 33.1 Å². The lowest BCUT2D eigenvalue weighted by Crippen LogP contribution is -2.15. The molecule has 158 valence electrons. The van der Waals surface area contributed by atoms with E-state index in [1.807, 2.05) is 36.6 Å². The molecule has 4 aromatic rings. The first-order chi connectivity index (χ1) is 15.0. The number of aliphatic hydroxyl groups excluding tert-OH is 1. The average molecular weight is 419 g/mol. The van der Waals surface area contributed by atoms with Crippen LogP contribution in [0.4, 0.5) is 10.2 Å². The Bertz CT molecular complexity index is 1320. The van der Waals surface area contributed by atoms with Gasteiger partial charge in [0.1, 0.15) is 12.0 Å². The molecule has 3 unspecified atom stereocenters. The molecule has 0 spiro atoms. The van der Waals surface area contributed by atoms with Gasteiger partial charge >= 0.3 is 0 Å². The molecule has 0 bridgehead atoms. The molecule has 8 heteroatoms. The third kappa shape index (κ3) is 3.42. The van der Waals surface area contributed by atoms with Gasteiger partial charge < -0.3 is 10.4 Å². The Balaban J connectivity index is 1.58. The number of alkyl halides is 1. The number of anilines is 1. The number of hydrogen-bond acceptors (Lipinski definition) is 5. The molecule has 0 saturated heterocycles. The molecule has 7 nitrogen and oxygen atoms in total. The minimum Gasteiger partial charge on any atom is -0.387 e. The predicted octanol–water partition coefficient (Wildman–Crippen LogP) is 3.99. The van der Waals surface area contributed by atoms with Gasteiger partial charge in [0.15, 0.2) is 0 Å². The second kappa shape index (κ2) is 7.39. The number of aryl methyl sites for hydroxylation is 1. The summed E-state index contributed by atoms with van der Waals surface area (Å²) < 4.78 is 15.0. The Morgan fingerprint density at radius 1 is 1.32 bits per heavy atom. The van der Waals surface area contributed by atoms with Crippen molar-refractivity contribution in [2.24, 2.45) is 5.92 Å². The van der Waals surface area contributed by atoms with E-state index in [-0.39, 0.29) is 12.3 Å². The fourth-order valence-electron chi connectivity index (χ4n) is 3.86. The van der Waals surface area contributed by atoms with Gasteiger partial charge in [-0.2, -0.15) is 5.10 Å². The number of aromatic nitrogens is 4. The molecule has 1 amide bonds. The molecule has 0 aliphatic heterocycles. The van der Waals surface area contributed by atoms with Crippen molar-refractivity contribution in [3.05, 3.63) is 54.1 Å². The lowest BCUT2D eigenvalue weighted by atomic mass is 10.0. The Morgan fingerprint density at radius 3 is 2.84 bits per heavy atom. The van der Waals surface area contributed by atoms with Crippen molar-refractivity contribution < 1.29 is 14.3 Å². The quantitative estimate of drug-likeness (QED) is 0.510. The molecule has 4 heterocycles. The summed E-state index contributed by atoms with van der Waals surface area (Å²) in [5.74, 6) is -0.515. The van der Waals surface area contributed by atoms with Crippen LogP contribution in [0.15, 0.2) is 42.9 Å². The highest BCUT2D eigenvalue weighted by Gasteiger charge is 2.43. The Hall–Kier alpha value is -3.39. The molecule has 4 aromatic heterocycles. The third-order valence-electron chi connectivity index (χ3n) is 5.81. The van der Waals surface area contributed by atoms with Gasteiger partial charge in [0.2, 0.25) is 5.91 Å². The maximum absolute atomic E-state index is 13.2. The number of aliphatic hydroxyl groups is 1. The Kier molecular flexibility index (Phi) is 4.66. The summed E-state index contributed by atoms with van der Waals surface area (Å²) in [6.45, 7) is 3.89. The first-order valence-corrected chi connectivity index (χ1v) is 10.3. The van der Waals surface area contributed by atoms with Crippen LogP contribution in [0.2, 0.25) is 0 Å². The Labute approximate surface area is 178 Å². The fourth-order valence-corrected chi connectivity index (χ4v) is 3.86. The van der Waals surface area contributed by atoms with Crippen LogP contribution in [-0.4, -0.2) is 36.8 Å². The number of nitrogens with one attached hydrogen (secondary N) is 1. The van der Waals surface area contributed by atoms with E-state index >= 15 is 0 Å². The first-order valence-electron chi connectivity index (χ1n) is 10.3. The zero-order valence-electron chi connectivity index (χ0n) is 17.2. The fraction of sp³-hybridized carbons (Fsp3) is 0.304. The molecule has 1 aliphatic carbocycles. The topological polar surface area (TPSA) is 92.4 Å². The van der Waals surface area contributed by atoms with E-state index in [1.165, 1.54) is 0 Å². The smallest absolute Gasteiger partial charge is 0.231 e. The van der Waals surface area contributed by atoms with Gasteiger partial charge in [-0.3, -0.25) is 9.78 Å². The number of amides is 1. The number of halogens is 1. The highest BCUT2D eigenvalue weighted by atomic mass is 19.1. The molecule has 1 saturated carbocycles. The maximum atomic E-state index is 13.2. The van der Waals surface area contributed by atoms with Crippen LogP contribution >= 0.6 is 0 Å². The lowest BCUT2D eigenvalue weighted by Gasteiger charge is -2.14. The number of pyridine rings is 3. The summed E-state index contributed by atoms with van der Waals surface area (Å²) in [7, 11) is 0. The van der Waals surface area contributed by atoms with Crippen LogP contribution in [0.25, 0.3) is 27.5 Å². The highest BCUT2D eigenvalue weighted by molar-refractivity contribution is 6.01. The van der Waals surface area contributed by atoms with Crippen molar-refractivity contribution in [1.82, 2.24) is 19.6 Å². The van der Waals surface area contributed by atoms with Gasteiger partial charge in [-0.05, 0) is 49.6 Å². The summed E-state index contributed by atoms with van der Waals surface area (Å²) in [4.78, 5) is 20.9. The molecule has 5 rings (SSSR count). The van der Waals surface area contributed by atoms with Crippen LogP contribution in [0.3, 0.4) is 0 Å². The van der Waals surface area contributed by atoms with Gasteiger partial charge in [0.05, 0.1) is 35.1 Å². The molecule has 0 radical (unpaired) electrons. The number of carbonyl (C=O) groups is 1. The van der Waals surface area contributed by atoms with Crippen LogP contribution in [0.1, 0.15) is 37.1 Å². The van der Waals surface area contributed by atoms with E-state index in [4.69, 9.17) is 0 Å². The van der Waals surface area contributed by atoms with Crippen molar-refractivity contribution in [3.63, 3.8) is 0 Å². The maximum Gasteiger partial charge on any atom is 0.231 e. The van der Waals surface area contributed by atoms with Gasteiger partial charge in [-0.1, -0.05) is 6.92 Å². The van der Waals surface area contributed by atoms with Crippen molar-refractivity contribution in [2.45, 2.75) is 39.0 Å². The molecule has 1 fully saturated rings. The summed E-state index contributed by atoms with van der Waals surface area (Å²) in [5.41, 5.74) is 4.25. The second-order valence-corrected chi connectivity index (χ2v) is 8.01. The summed E-state index contributed by atoms with van der Waals surface area (Å²) >= 11 is 0. The van der Waals surface area contributed by atoms with Gasteiger partial charge in [0, 0.05) is 28.7 Å². The highest BCUT2D eigenvalue weighted by Crippen LogP contribution is 2.35. The van der Waals surface area contributed by atoms with Crippen molar-refractivity contribution in [2.75, 3.05) is 5.32 Å². The standard InChI is InChI=1S/C23H22FN5O2/c1-3-21(30)18-6-12(2)16(11-25-18)20-7-13-10-26-22(28-23(31)15-8-17(15)24)9-14(13)19-4-5-27-29(19)20/h4-7,9-11,15,17,21,30H,3,8H2,1-2H3,(H,26,28,31). The largest absolute Gasteiger partial charge is 0.387 e. The van der Waals surface area contributed by atoms with Crippen molar-refractivity contribution in [1.29, 1.82) is 0 Å². The minimum absolute atomic E-state index is 0.275. The van der Waals surface area contributed by atoms with E-state index < -0.39 is 18.2 Å². The monoisotopic (exact) mass is 419 g/mol. The summed E-state index contributed by atoms with van der Waals surface area (Å²) in [6.07, 6.45) is 4.41. The number of fused-ring (bicyclic) bond motifs is 3. The van der Waals surface area contributed by atoms with Crippen LogP contribution < -0.4 is 5.32 Å². The van der Waals surface area contributed by atoms with E-state index in [1.54, 1.807) is 24.7 Å². The molecule has 3 atom stereocenters. The number of rotatable bonds is 5. The molecule has 1 aliphatic rings. The van der Waals surface area contributed by atoms with E-state index in [9.17, 15) is 14.3 Å². The third-order valence-corrected chi connectivity index (χ3v) is 5.81. The summed E-state index contributed by atoms with van der Waals surface area (Å²) in [6, 6.07) is 7.56. The number of nitrogens with zero attached hydrogens (tertiary/aromatic N) is 4. The molecule has 0 aromatic carbocycles. The van der Waals surface area contributed by atoms with E-state index in [0.29, 0.717) is 17.9 Å². The number of hydrogen-bond donors (Lipinski definition) is 2. The first kappa shape index (κ1) is 19.6. The Morgan fingerprint density at radius 2 is 2.13 bits per heavy atom. The molecular formula is C23H22FN5O2. The zero-order valence-corrected chi connectivity index (χ0v) is 17.2. The van der Waals surface area contributed by atoms with Crippen molar-refractivity contribution >= 4 is 28.0 Å². The minimum atomic E-state index is -1.05. The van der Waals surface area contributed by atoms with Gasteiger partial charge in [0.25, 0.3) is 0 Å². The zero-order chi connectivity index (χ0) is 21.7. The van der Waals surface area contributed by atoms with Crippen molar-refractivity contribution in [3.8, 4) is 11.3 Å². The second-order valence-electron chi connectivity index (χ2n) is 8.01. The molecule has 2 N–H and O–H groups in total. The van der Waals surface area contributed by atoms with Gasteiger partial charge in [-0.15, -0.1) is 0 Å². The predicted molar refractivity (Wildman–Crippen MR) is 115 cm³/mol. The van der Waals surface area contributed by atoms with Gasteiger partial charge in [-0.25, -0.2) is 13.9 Å². The SMILES string of the molecule is CCC(O)c1cc(C)c(-c2cc3cnc(NC(=O)C4CC4F)cc3c3ccnn23)cn1. The normalized spacial score (nSPS) is 19.0. The van der Waals surface area contributed by atoms with Crippen LogP contribution in [0.5, 0.6) is 0 Å². The lowest BCUT2D eigenvalue weighted by molar-refractivity contribution is -0.117. The summed E-state index contributed by atoms with van der Waals surface area (Å²) in [5, 5.41) is 19.0. The van der Waals surface area contributed by atoms with E-state index in [2.05, 4.69) is 20.4 Å². The average Bonchev–Trinajstić information content (AvgIpc) is 3.30.